The van der Waals surface area contributed by atoms with Gasteiger partial charge in [-0.2, -0.15) is 0 Å². The van der Waals surface area contributed by atoms with Gasteiger partial charge in [-0.25, -0.2) is 4.79 Å². The highest BCUT2D eigenvalue weighted by molar-refractivity contribution is 5.89. The van der Waals surface area contributed by atoms with Crippen LogP contribution in [0.15, 0.2) is 24.3 Å². The Morgan fingerprint density at radius 1 is 1.30 bits per heavy atom. The molecule has 0 aromatic heterocycles. The second-order valence-electron chi connectivity index (χ2n) is 4.40. The number of nitrogens with one attached hydrogen (secondary N) is 2. The molecule has 0 saturated heterocycles. The molecule has 6 nitrogen and oxygen atoms in total. The third-order valence-corrected chi connectivity index (χ3v) is 2.77. The second kappa shape index (κ2) is 8.04. The molecular formula is C14H20N2O4. The van der Waals surface area contributed by atoms with Crippen LogP contribution in [0.25, 0.3) is 0 Å². The van der Waals surface area contributed by atoms with Crippen molar-refractivity contribution in [2.45, 2.75) is 20.3 Å². The molecule has 0 aliphatic heterocycles. The van der Waals surface area contributed by atoms with Crippen molar-refractivity contribution in [3.8, 4) is 5.75 Å². The number of esters is 1. The largest absolute Gasteiger partial charge is 0.508 e. The van der Waals surface area contributed by atoms with Gasteiger partial charge in [-0.3, -0.25) is 4.79 Å². The molecule has 0 radical (unpaired) electrons. The van der Waals surface area contributed by atoms with Crippen molar-refractivity contribution in [1.29, 1.82) is 0 Å². The highest BCUT2D eigenvalue weighted by atomic mass is 16.5. The number of aromatic hydroxyl groups is 1. The van der Waals surface area contributed by atoms with Gasteiger partial charge in [-0.05, 0) is 30.7 Å². The Morgan fingerprint density at radius 2 is 1.95 bits per heavy atom. The molecule has 0 saturated carbocycles. The summed E-state index contributed by atoms with van der Waals surface area (Å²) < 4.78 is 5.00. The molecule has 0 bridgehead atoms. The van der Waals surface area contributed by atoms with Crippen molar-refractivity contribution >= 4 is 17.7 Å². The molecule has 1 unspecified atom stereocenters. The van der Waals surface area contributed by atoms with E-state index in [1.54, 1.807) is 19.1 Å². The summed E-state index contributed by atoms with van der Waals surface area (Å²) in [7, 11) is 0. The summed E-state index contributed by atoms with van der Waals surface area (Å²) in [6.07, 6.45) is 0.730. The quantitative estimate of drug-likeness (QED) is 0.423. The summed E-state index contributed by atoms with van der Waals surface area (Å²) in [5, 5.41) is 14.3. The van der Waals surface area contributed by atoms with Gasteiger partial charge in [-0.15, -0.1) is 0 Å². The number of anilines is 1. The maximum absolute atomic E-state index is 11.5. The van der Waals surface area contributed by atoms with E-state index in [1.807, 2.05) is 6.92 Å². The number of hydrogen-bond acceptors (Lipinski definition) is 4. The van der Waals surface area contributed by atoms with E-state index in [0.29, 0.717) is 5.69 Å². The highest BCUT2D eigenvalue weighted by Gasteiger charge is 2.11. The highest BCUT2D eigenvalue weighted by Crippen LogP contribution is 2.13. The van der Waals surface area contributed by atoms with Crippen molar-refractivity contribution in [2.75, 3.05) is 18.5 Å². The van der Waals surface area contributed by atoms with Gasteiger partial charge in [0.25, 0.3) is 0 Å². The maximum atomic E-state index is 11.5. The van der Waals surface area contributed by atoms with E-state index in [9.17, 15) is 9.59 Å². The fraction of sp³-hybridized carbons (Fsp3) is 0.429. The van der Waals surface area contributed by atoms with Gasteiger partial charge in [0.2, 0.25) is 0 Å². The Bertz CT molecular complexity index is 445. The normalized spacial score (nSPS) is 11.5. The maximum Gasteiger partial charge on any atom is 0.319 e. The second-order valence-corrected chi connectivity index (χ2v) is 4.40. The molecule has 1 atom stereocenters. The third-order valence-electron chi connectivity index (χ3n) is 2.77. The molecule has 0 spiro atoms. The van der Waals surface area contributed by atoms with Gasteiger partial charge in [-0.1, -0.05) is 13.8 Å². The molecule has 2 amide bonds. The van der Waals surface area contributed by atoms with Crippen LogP contribution in [0.4, 0.5) is 10.5 Å². The third kappa shape index (κ3) is 5.60. The first-order chi connectivity index (χ1) is 9.52. The topological polar surface area (TPSA) is 87.7 Å². The van der Waals surface area contributed by atoms with E-state index in [2.05, 4.69) is 10.6 Å². The molecule has 1 rings (SSSR count). The van der Waals surface area contributed by atoms with Crippen LogP contribution in [0.5, 0.6) is 5.75 Å². The standard InChI is InChI=1S/C14H20N2O4/c1-3-10(2)13(18)20-9-8-15-14(19)16-11-4-6-12(17)7-5-11/h4-7,10,17H,3,8-9H2,1-2H3,(H2,15,16,19). The van der Waals surface area contributed by atoms with E-state index < -0.39 is 6.03 Å². The summed E-state index contributed by atoms with van der Waals surface area (Å²) in [6, 6.07) is 5.72. The van der Waals surface area contributed by atoms with Gasteiger partial charge < -0.3 is 20.5 Å². The number of amides is 2. The minimum atomic E-state index is -0.393. The lowest BCUT2D eigenvalue weighted by Crippen LogP contribution is -2.32. The van der Waals surface area contributed by atoms with Crippen molar-refractivity contribution in [3.05, 3.63) is 24.3 Å². The van der Waals surface area contributed by atoms with Crippen LogP contribution in [0.3, 0.4) is 0 Å². The first-order valence-electron chi connectivity index (χ1n) is 6.53. The van der Waals surface area contributed by atoms with Gasteiger partial charge in [0.15, 0.2) is 0 Å². The summed E-state index contributed by atoms with van der Waals surface area (Å²) in [5.74, 6) is -0.248. The summed E-state index contributed by atoms with van der Waals surface area (Å²) in [5.41, 5.74) is 0.567. The summed E-state index contributed by atoms with van der Waals surface area (Å²) in [6.45, 7) is 4.10. The molecule has 20 heavy (non-hydrogen) atoms. The van der Waals surface area contributed by atoms with Crippen LogP contribution in [0.2, 0.25) is 0 Å². The number of ether oxygens (including phenoxy) is 1. The zero-order chi connectivity index (χ0) is 15.0. The predicted molar refractivity (Wildman–Crippen MR) is 75.5 cm³/mol. The SMILES string of the molecule is CCC(C)C(=O)OCCNC(=O)Nc1ccc(O)cc1. The fourth-order valence-electron chi connectivity index (χ4n) is 1.35. The van der Waals surface area contributed by atoms with Crippen molar-refractivity contribution in [1.82, 2.24) is 5.32 Å². The number of phenolic OH excluding ortho intramolecular Hbond substituents is 1. The first kappa shape index (κ1) is 15.8. The van der Waals surface area contributed by atoms with Crippen LogP contribution >= 0.6 is 0 Å². The van der Waals surface area contributed by atoms with Gasteiger partial charge in [0.1, 0.15) is 12.4 Å². The molecule has 0 aliphatic carbocycles. The van der Waals surface area contributed by atoms with Gasteiger partial charge >= 0.3 is 12.0 Å². The average Bonchev–Trinajstić information content (AvgIpc) is 2.45. The number of carbonyl (C=O) groups excluding carboxylic acids is 2. The Balaban J connectivity index is 2.20. The van der Waals surface area contributed by atoms with Crippen molar-refractivity contribution in [3.63, 3.8) is 0 Å². The molecule has 1 aromatic carbocycles. The van der Waals surface area contributed by atoms with E-state index in [0.717, 1.165) is 6.42 Å². The fourth-order valence-corrected chi connectivity index (χ4v) is 1.35. The Labute approximate surface area is 118 Å². The monoisotopic (exact) mass is 280 g/mol. The van der Waals surface area contributed by atoms with Gasteiger partial charge in [0.05, 0.1) is 12.5 Å². The Kier molecular flexibility index (Phi) is 6.36. The molecule has 1 aromatic rings. The van der Waals surface area contributed by atoms with Crippen molar-refractivity contribution < 1.29 is 19.4 Å². The molecule has 3 N–H and O–H groups in total. The van der Waals surface area contributed by atoms with E-state index in [1.165, 1.54) is 12.1 Å². The smallest absolute Gasteiger partial charge is 0.319 e. The van der Waals surface area contributed by atoms with E-state index in [-0.39, 0.29) is 30.8 Å². The lowest BCUT2D eigenvalue weighted by atomic mass is 10.1. The summed E-state index contributed by atoms with van der Waals surface area (Å²) in [4.78, 5) is 22.9. The zero-order valence-corrected chi connectivity index (χ0v) is 11.7. The lowest BCUT2D eigenvalue weighted by molar-refractivity contribution is -0.147. The summed E-state index contributed by atoms with van der Waals surface area (Å²) >= 11 is 0. The van der Waals surface area contributed by atoms with Gasteiger partial charge in [0, 0.05) is 5.69 Å². The van der Waals surface area contributed by atoms with Crippen LogP contribution in [0.1, 0.15) is 20.3 Å². The number of hydrogen-bond donors (Lipinski definition) is 3. The number of rotatable bonds is 6. The molecular weight excluding hydrogens is 260 g/mol. The van der Waals surface area contributed by atoms with Crippen LogP contribution in [-0.4, -0.2) is 30.3 Å². The minimum Gasteiger partial charge on any atom is -0.508 e. The molecule has 0 heterocycles. The molecule has 6 heteroatoms. The van der Waals surface area contributed by atoms with Crippen LogP contribution in [-0.2, 0) is 9.53 Å². The zero-order valence-electron chi connectivity index (χ0n) is 11.7. The Hall–Kier alpha value is -2.24. The lowest BCUT2D eigenvalue weighted by Gasteiger charge is -2.10. The number of benzene rings is 1. The number of carbonyl (C=O) groups is 2. The molecule has 0 aliphatic rings. The van der Waals surface area contributed by atoms with Crippen LogP contribution < -0.4 is 10.6 Å². The minimum absolute atomic E-state index is 0.124. The molecule has 110 valence electrons. The van der Waals surface area contributed by atoms with Crippen molar-refractivity contribution in [2.24, 2.45) is 5.92 Å². The average molecular weight is 280 g/mol. The van der Waals surface area contributed by atoms with E-state index >= 15 is 0 Å². The van der Waals surface area contributed by atoms with Crippen LogP contribution in [0, 0.1) is 5.92 Å². The Morgan fingerprint density at radius 3 is 2.55 bits per heavy atom. The van der Waals surface area contributed by atoms with E-state index in [4.69, 9.17) is 9.84 Å². The number of phenols is 1. The number of urea groups is 1. The predicted octanol–water partition coefficient (Wildman–Crippen LogP) is 2.10. The molecule has 0 fully saturated rings. The first-order valence-corrected chi connectivity index (χ1v) is 6.53.